The van der Waals surface area contributed by atoms with Gasteiger partial charge in [-0.3, -0.25) is 19.2 Å². The van der Waals surface area contributed by atoms with Gasteiger partial charge in [-0.25, -0.2) is 0 Å². The first-order valence-electron chi connectivity index (χ1n) is 5.14. The van der Waals surface area contributed by atoms with Crippen LogP contribution in [-0.2, 0) is 19.2 Å². The molecule has 102 valence electrons. The number of rotatable bonds is 7. The summed E-state index contributed by atoms with van der Waals surface area (Å²) >= 11 is 0. The predicted octanol–water partition coefficient (Wildman–Crippen LogP) is -3.70. The second-order valence-electron chi connectivity index (χ2n) is 3.70. The number of carbonyl (C=O) groups excluding carboxylic acids is 4. The fourth-order valence-electron chi connectivity index (χ4n) is 0.998. The molecule has 0 saturated carbocycles. The summed E-state index contributed by atoms with van der Waals surface area (Å²) in [6.45, 7) is 1.08. The molecule has 9 nitrogen and oxygen atoms in total. The second-order valence-corrected chi connectivity index (χ2v) is 3.70. The molecule has 0 spiro atoms. The Morgan fingerprint density at radius 3 is 2.11 bits per heavy atom. The van der Waals surface area contributed by atoms with Crippen LogP contribution < -0.4 is 27.8 Å². The van der Waals surface area contributed by atoms with Gasteiger partial charge in [0, 0.05) is 0 Å². The maximum absolute atomic E-state index is 11.3. The highest BCUT2D eigenvalue weighted by molar-refractivity contribution is 5.92. The van der Waals surface area contributed by atoms with Crippen LogP contribution >= 0.6 is 0 Å². The van der Waals surface area contributed by atoms with Crippen LogP contribution in [0, 0.1) is 0 Å². The van der Waals surface area contributed by atoms with Crippen LogP contribution in [0.25, 0.3) is 0 Å². The Labute approximate surface area is 103 Å². The minimum Gasteiger partial charge on any atom is -0.370 e. The summed E-state index contributed by atoms with van der Waals surface area (Å²) in [5.74, 6) is -2.86. The van der Waals surface area contributed by atoms with Gasteiger partial charge in [0.15, 0.2) is 0 Å². The van der Waals surface area contributed by atoms with Crippen molar-refractivity contribution in [1.82, 2.24) is 10.6 Å². The maximum Gasteiger partial charge on any atom is 0.240 e. The zero-order valence-electron chi connectivity index (χ0n) is 9.93. The Bertz CT molecular complexity index is 355. The fourth-order valence-corrected chi connectivity index (χ4v) is 0.998. The molecule has 0 aromatic rings. The Hall–Kier alpha value is -2.16. The van der Waals surface area contributed by atoms with Crippen molar-refractivity contribution in [1.29, 1.82) is 0 Å². The number of nitrogens with one attached hydrogen (secondary N) is 2. The summed E-state index contributed by atoms with van der Waals surface area (Å²) in [4.78, 5) is 43.9. The summed E-state index contributed by atoms with van der Waals surface area (Å²) in [5, 5.41) is 4.41. The van der Waals surface area contributed by atoms with Crippen LogP contribution in [0.15, 0.2) is 0 Å². The van der Waals surface area contributed by atoms with Crippen LogP contribution in [0.5, 0.6) is 0 Å². The molecule has 9 heteroatoms. The molecule has 18 heavy (non-hydrogen) atoms. The topological polar surface area (TPSA) is 170 Å². The Morgan fingerprint density at radius 2 is 1.72 bits per heavy atom. The molecule has 4 amide bonds. The van der Waals surface area contributed by atoms with Crippen molar-refractivity contribution in [3.8, 4) is 0 Å². The van der Waals surface area contributed by atoms with Gasteiger partial charge in [-0.1, -0.05) is 0 Å². The lowest BCUT2D eigenvalue weighted by atomic mass is 10.2. The number of hydrogen-bond acceptors (Lipinski definition) is 5. The molecule has 0 aromatic carbocycles. The summed E-state index contributed by atoms with van der Waals surface area (Å²) in [6.07, 6.45) is -0.400. The number of primary amides is 2. The normalized spacial score (nSPS) is 13.2. The van der Waals surface area contributed by atoms with Gasteiger partial charge in [0.05, 0.1) is 19.0 Å². The Morgan fingerprint density at radius 1 is 1.17 bits per heavy atom. The molecule has 0 fully saturated rings. The van der Waals surface area contributed by atoms with Gasteiger partial charge in [0.25, 0.3) is 0 Å². The van der Waals surface area contributed by atoms with Crippen LogP contribution in [0.2, 0.25) is 0 Å². The number of carbonyl (C=O) groups is 4. The Kier molecular flexibility index (Phi) is 6.35. The van der Waals surface area contributed by atoms with Gasteiger partial charge in [0.1, 0.15) is 6.04 Å². The van der Waals surface area contributed by atoms with E-state index in [2.05, 4.69) is 10.6 Å². The van der Waals surface area contributed by atoms with E-state index in [9.17, 15) is 19.2 Å². The van der Waals surface area contributed by atoms with Crippen LogP contribution in [-0.4, -0.2) is 42.3 Å². The second kappa shape index (κ2) is 7.22. The summed E-state index contributed by atoms with van der Waals surface area (Å²) < 4.78 is 0. The van der Waals surface area contributed by atoms with Crippen molar-refractivity contribution < 1.29 is 19.2 Å². The predicted molar refractivity (Wildman–Crippen MR) is 61.6 cm³/mol. The average Bonchev–Trinajstić information content (AvgIpc) is 2.23. The maximum atomic E-state index is 11.3. The molecule has 2 atom stereocenters. The molecular formula is C9H17N5O4. The zero-order chi connectivity index (χ0) is 14.3. The third kappa shape index (κ3) is 6.43. The molecule has 0 heterocycles. The molecule has 0 aromatic heterocycles. The SMILES string of the molecule is CC(N)C(=O)NCC(=O)N[C@@H](CC(N)=O)C(N)=O. The van der Waals surface area contributed by atoms with Crippen LogP contribution in [0.4, 0.5) is 0 Å². The summed E-state index contributed by atoms with van der Waals surface area (Å²) in [6, 6.07) is -1.95. The van der Waals surface area contributed by atoms with Crippen molar-refractivity contribution in [3.63, 3.8) is 0 Å². The number of nitrogens with two attached hydrogens (primary N) is 3. The van der Waals surface area contributed by atoms with E-state index in [0.717, 1.165) is 0 Å². The molecule has 0 aliphatic heterocycles. The lowest BCUT2D eigenvalue weighted by Gasteiger charge is -2.14. The first kappa shape index (κ1) is 15.8. The van der Waals surface area contributed by atoms with Crippen molar-refractivity contribution >= 4 is 23.6 Å². The molecule has 0 radical (unpaired) electrons. The van der Waals surface area contributed by atoms with Gasteiger partial charge in [-0.15, -0.1) is 0 Å². The minimum atomic E-state index is -1.19. The van der Waals surface area contributed by atoms with E-state index >= 15 is 0 Å². The molecule has 0 rings (SSSR count). The molecule has 0 aliphatic carbocycles. The fraction of sp³-hybridized carbons (Fsp3) is 0.556. The molecule has 0 saturated heterocycles. The van der Waals surface area contributed by atoms with Crippen molar-refractivity contribution in [2.75, 3.05) is 6.54 Å². The van der Waals surface area contributed by atoms with E-state index in [4.69, 9.17) is 17.2 Å². The lowest BCUT2D eigenvalue weighted by molar-refractivity contribution is -0.130. The smallest absolute Gasteiger partial charge is 0.240 e. The van der Waals surface area contributed by atoms with Gasteiger partial charge in [-0.05, 0) is 6.92 Å². The highest BCUT2D eigenvalue weighted by Crippen LogP contribution is 1.90. The van der Waals surface area contributed by atoms with E-state index in [0.29, 0.717) is 0 Å². The van der Waals surface area contributed by atoms with E-state index < -0.39 is 42.1 Å². The van der Waals surface area contributed by atoms with Gasteiger partial charge in [-0.2, -0.15) is 0 Å². The van der Waals surface area contributed by atoms with Crippen LogP contribution in [0.1, 0.15) is 13.3 Å². The molecule has 1 unspecified atom stereocenters. The van der Waals surface area contributed by atoms with E-state index in [1.165, 1.54) is 6.92 Å². The lowest BCUT2D eigenvalue weighted by Crippen LogP contribution is -2.50. The first-order valence-corrected chi connectivity index (χ1v) is 5.14. The highest BCUT2D eigenvalue weighted by Gasteiger charge is 2.20. The quantitative estimate of drug-likeness (QED) is 0.316. The van der Waals surface area contributed by atoms with Crippen molar-refractivity contribution in [2.24, 2.45) is 17.2 Å². The first-order chi connectivity index (χ1) is 8.23. The summed E-state index contributed by atoms with van der Waals surface area (Å²) in [7, 11) is 0. The molecule has 0 aliphatic rings. The summed E-state index contributed by atoms with van der Waals surface area (Å²) in [5.41, 5.74) is 15.1. The van der Waals surface area contributed by atoms with E-state index in [1.807, 2.05) is 0 Å². The standard InChI is InChI=1S/C9H17N5O4/c1-4(10)9(18)13-3-7(16)14-5(8(12)17)2-6(11)15/h4-5H,2-3,10H2,1H3,(H2,11,15)(H2,12,17)(H,13,18)(H,14,16)/t4?,5-/m0/s1. The number of amides is 4. The third-order valence-corrected chi connectivity index (χ3v) is 1.92. The molecule has 0 bridgehead atoms. The minimum absolute atomic E-state index is 0.372. The van der Waals surface area contributed by atoms with Crippen LogP contribution in [0.3, 0.4) is 0 Å². The average molecular weight is 259 g/mol. The highest BCUT2D eigenvalue weighted by atomic mass is 16.2. The van der Waals surface area contributed by atoms with Crippen molar-refractivity contribution in [3.05, 3.63) is 0 Å². The van der Waals surface area contributed by atoms with Gasteiger partial charge < -0.3 is 27.8 Å². The van der Waals surface area contributed by atoms with Gasteiger partial charge >= 0.3 is 0 Å². The third-order valence-electron chi connectivity index (χ3n) is 1.92. The zero-order valence-corrected chi connectivity index (χ0v) is 9.93. The molecular weight excluding hydrogens is 242 g/mol. The number of hydrogen-bond donors (Lipinski definition) is 5. The molecule has 8 N–H and O–H groups in total. The van der Waals surface area contributed by atoms with E-state index in [1.54, 1.807) is 0 Å². The van der Waals surface area contributed by atoms with Crippen molar-refractivity contribution in [2.45, 2.75) is 25.4 Å². The Balaban J connectivity index is 4.22. The van der Waals surface area contributed by atoms with E-state index in [-0.39, 0.29) is 6.54 Å². The largest absolute Gasteiger partial charge is 0.370 e. The van der Waals surface area contributed by atoms with Gasteiger partial charge in [0.2, 0.25) is 23.6 Å². The monoisotopic (exact) mass is 259 g/mol.